The van der Waals surface area contributed by atoms with Crippen LogP contribution in [0.4, 0.5) is 0 Å². The molecular formula is C20H27ClN2O3. The van der Waals surface area contributed by atoms with Gasteiger partial charge in [-0.05, 0) is 49.6 Å². The molecule has 0 unspecified atom stereocenters. The number of hydrogen-bond acceptors (Lipinski definition) is 4. The summed E-state index contributed by atoms with van der Waals surface area (Å²) in [5.74, 6) is 0.349. The Balaban J connectivity index is 0.00000338. The minimum absolute atomic E-state index is 0. The van der Waals surface area contributed by atoms with Crippen molar-refractivity contribution in [2.24, 2.45) is 5.73 Å². The van der Waals surface area contributed by atoms with Gasteiger partial charge in [-0.1, -0.05) is 30.3 Å². The first kappa shape index (κ1) is 22.0. The number of primary amides is 1. The molecular weight excluding hydrogens is 352 g/mol. The molecule has 0 bridgehead atoms. The quantitative estimate of drug-likeness (QED) is 0.593. The highest BCUT2D eigenvalue weighted by Gasteiger charge is 2.09. The van der Waals surface area contributed by atoms with Crippen LogP contribution < -0.4 is 15.8 Å². The number of hydrogen-bond donors (Lipinski definition) is 3. The van der Waals surface area contributed by atoms with Crippen molar-refractivity contribution in [2.75, 3.05) is 13.2 Å². The summed E-state index contributed by atoms with van der Waals surface area (Å²) in [6, 6.07) is 17.1. The predicted octanol–water partition coefficient (Wildman–Crippen LogP) is 2.56. The van der Waals surface area contributed by atoms with Gasteiger partial charge in [0, 0.05) is 18.2 Å². The van der Waals surface area contributed by atoms with Crippen molar-refractivity contribution in [3.63, 3.8) is 0 Å². The van der Waals surface area contributed by atoms with E-state index in [-0.39, 0.29) is 25.1 Å². The zero-order chi connectivity index (χ0) is 18.1. The molecule has 0 aliphatic carbocycles. The van der Waals surface area contributed by atoms with Crippen LogP contribution in [0.3, 0.4) is 0 Å². The molecule has 0 radical (unpaired) electrons. The summed E-state index contributed by atoms with van der Waals surface area (Å²) >= 11 is 0. The second-order valence-electron chi connectivity index (χ2n) is 6.19. The van der Waals surface area contributed by atoms with Crippen LogP contribution in [-0.2, 0) is 6.42 Å². The zero-order valence-corrected chi connectivity index (χ0v) is 15.7. The Labute approximate surface area is 161 Å². The van der Waals surface area contributed by atoms with E-state index in [0.717, 1.165) is 24.2 Å². The first-order valence-electron chi connectivity index (χ1n) is 8.52. The van der Waals surface area contributed by atoms with Crippen molar-refractivity contribution in [1.29, 1.82) is 0 Å². The fourth-order valence-electron chi connectivity index (χ4n) is 2.43. The lowest BCUT2D eigenvalue weighted by atomic mass is 10.0. The van der Waals surface area contributed by atoms with Gasteiger partial charge in [0.25, 0.3) is 0 Å². The molecule has 0 aliphatic rings. The summed E-state index contributed by atoms with van der Waals surface area (Å²) in [7, 11) is 0. The SMILES string of the molecule is C[C@H](CCc1ccc(C(N)=O)cc1)NC[C@H](O)COc1ccccc1.Cl. The summed E-state index contributed by atoms with van der Waals surface area (Å²) in [5, 5.41) is 13.3. The third-order valence-corrected chi connectivity index (χ3v) is 3.99. The van der Waals surface area contributed by atoms with Gasteiger partial charge in [-0.15, -0.1) is 12.4 Å². The number of carbonyl (C=O) groups excluding carboxylic acids is 1. The number of aliphatic hydroxyl groups excluding tert-OH is 1. The Hall–Kier alpha value is -2.08. The average Bonchev–Trinajstić information content (AvgIpc) is 2.64. The maximum absolute atomic E-state index is 11.0. The molecule has 0 spiro atoms. The molecule has 1 amide bonds. The summed E-state index contributed by atoms with van der Waals surface area (Å²) in [4.78, 5) is 11.0. The van der Waals surface area contributed by atoms with Crippen molar-refractivity contribution >= 4 is 18.3 Å². The number of carbonyl (C=O) groups is 1. The molecule has 142 valence electrons. The number of nitrogens with two attached hydrogens (primary N) is 1. The third kappa shape index (κ3) is 7.87. The van der Waals surface area contributed by atoms with Crippen molar-refractivity contribution in [3.05, 3.63) is 65.7 Å². The van der Waals surface area contributed by atoms with E-state index < -0.39 is 12.0 Å². The lowest BCUT2D eigenvalue weighted by Crippen LogP contribution is -2.36. The molecule has 26 heavy (non-hydrogen) atoms. The average molecular weight is 379 g/mol. The number of rotatable bonds is 10. The highest BCUT2D eigenvalue weighted by atomic mass is 35.5. The van der Waals surface area contributed by atoms with Gasteiger partial charge in [-0.25, -0.2) is 0 Å². The van der Waals surface area contributed by atoms with E-state index in [1.54, 1.807) is 12.1 Å². The fourth-order valence-corrected chi connectivity index (χ4v) is 2.43. The molecule has 2 aromatic carbocycles. The lowest BCUT2D eigenvalue weighted by molar-refractivity contribution is 0.1000. The van der Waals surface area contributed by atoms with Gasteiger partial charge in [-0.3, -0.25) is 4.79 Å². The molecule has 0 aromatic heterocycles. The number of aliphatic hydroxyl groups is 1. The molecule has 2 atom stereocenters. The lowest BCUT2D eigenvalue weighted by Gasteiger charge is -2.17. The third-order valence-electron chi connectivity index (χ3n) is 3.99. The second kappa shape index (κ2) is 11.5. The minimum atomic E-state index is -0.558. The van der Waals surface area contributed by atoms with E-state index in [2.05, 4.69) is 12.2 Å². The molecule has 2 rings (SSSR count). The molecule has 0 saturated carbocycles. The van der Waals surface area contributed by atoms with Gasteiger partial charge in [0.05, 0.1) is 0 Å². The summed E-state index contributed by atoms with van der Waals surface area (Å²) in [6.45, 7) is 2.83. The van der Waals surface area contributed by atoms with Crippen LogP contribution in [0.15, 0.2) is 54.6 Å². The molecule has 4 N–H and O–H groups in total. The van der Waals surface area contributed by atoms with Crippen LogP contribution in [0, 0.1) is 0 Å². The normalized spacial score (nSPS) is 12.7. The first-order valence-corrected chi connectivity index (χ1v) is 8.52. The van der Waals surface area contributed by atoms with Crippen molar-refractivity contribution in [1.82, 2.24) is 5.32 Å². The van der Waals surface area contributed by atoms with Gasteiger partial charge in [0.15, 0.2) is 0 Å². The van der Waals surface area contributed by atoms with E-state index in [0.29, 0.717) is 12.1 Å². The zero-order valence-electron chi connectivity index (χ0n) is 14.9. The van der Waals surface area contributed by atoms with Crippen LogP contribution in [0.25, 0.3) is 0 Å². The number of para-hydroxylation sites is 1. The van der Waals surface area contributed by atoms with Crippen molar-refractivity contribution in [3.8, 4) is 5.75 Å². The summed E-state index contributed by atoms with van der Waals surface area (Å²) in [6.07, 6.45) is 1.27. The van der Waals surface area contributed by atoms with Gasteiger partial charge in [0.2, 0.25) is 5.91 Å². The smallest absolute Gasteiger partial charge is 0.248 e. The summed E-state index contributed by atoms with van der Waals surface area (Å²) in [5.41, 5.74) is 6.92. The Morgan fingerprint density at radius 2 is 1.81 bits per heavy atom. The number of amides is 1. The highest BCUT2D eigenvalue weighted by molar-refractivity contribution is 5.92. The van der Waals surface area contributed by atoms with Crippen LogP contribution in [0.1, 0.15) is 29.3 Å². The van der Waals surface area contributed by atoms with Crippen LogP contribution in [0.2, 0.25) is 0 Å². The van der Waals surface area contributed by atoms with Gasteiger partial charge in [0.1, 0.15) is 18.5 Å². The number of benzene rings is 2. The van der Waals surface area contributed by atoms with Crippen molar-refractivity contribution < 1.29 is 14.6 Å². The van der Waals surface area contributed by atoms with Gasteiger partial charge < -0.3 is 20.9 Å². The Bertz CT molecular complexity index is 650. The van der Waals surface area contributed by atoms with E-state index in [9.17, 15) is 9.90 Å². The largest absolute Gasteiger partial charge is 0.491 e. The second-order valence-corrected chi connectivity index (χ2v) is 6.19. The molecule has 0 saturated heterocycles. The van der Waals surface area contributed by atoms with Crippen LogP contribution in [0.5, 0.6) is 5.75 Å². The van der Waals surface area contributed by atoms with E-state index >= 15 is 0 Å². The molecule has 5 nitrogen and oxygen atoms in total. The van der Waals surface area contributed by atoms with Crippen molar-refractivity contribution in [2.45, 2.75) is 31.9 Å². The van der Waals surface area contributed by atoms with E-state index in [1.165, 1.54) is 0 Å². The van der Waals surface area contributed by atoms with E-state index in [1.807, 2.05) is 42.5 Å². The number of aryl methyl sites for hydroxylation is 1. The standard InChI is InChI=1S/C20H26N2O3.ClH/c1-15(7-8-16-9-11-17(12-10-16)20(21)24)22-13-18(23)14-25-19-5-3-2-4-6-19;/h2-6,9-12,15,18,22-23H,7-8,13-14H2,1H3,(H2,21,24);1H/t15-,18+;/m1./s1. The van der Waals surface area contributed by atoms with Gasteiger partial charge in [-0.2, -0.15) is 0 Å². The van der Waals surface area contributed by atoms with Crippen LogP contribution in [-0.4, -0.2) is 36.3 Å². The predicted molar refractivity (Wildman–Crippen MR) is 106 cm³/mol. The Morgan fingerprint density at radius 3 is 2.42 bits per heavy atom. The highest BCUT2D eigenvalue weighted by Crippen LogP contribution is 2.09. The fraction of sp³-hybridized carbons (Fsp3) is 0.350. The maximum atomic E-state index is 11.0. The van der Waals surface area contributed by atoms with Crippen LogP contribution >= 0.6 is 12.4 Å². The van der Waals surface area contributed by atoms with E-state index in [4.69, 9.17) is 10.5 Å². The first-order chi connectivity index (χ1) is 12.0. The Morgan fingerprint density at radius 1 is 1.15 bits per heavy atom. The molecule has 2 aromatic rings. The monoisotopic (exact) mass is 378 g/mol. The molecule has 0 heterocycles. The number of nitrogens with one attached hydrogen (secondary N) is 1. The summed E-state index contributed by atoms with van der Waals surface area (Å²) < 4.78 is 5.53. The number of halogens is 1. The topological polar surface area (TPSA) is 84.6 Å². The minimum Gasteiger partial charge on any atom is -0.491 e. The molecule has 6 heteroatoms. The Kier molecular flexibility index (Phi) is 9.73. The molecule has 0 aliphatic heterocycles. The molecule has 0 fully saturated rings. The maximum Gasteiger partial charge on any atom is 0.248 e. The number of ether oxygens (including phenoxy) is 1. The van der Waals surface area contributed by atoms with Gasteiger partial charge >= 0.3 is 0 Å².